The van der Waals surface area contributed by atoms with E-state index in [-0.39, 0.29) is 6.09 Å². The van der Waals surface area contributed by atoms with Crippen molar-refractivity contribution in [1.29, 1.82) is 0 Å². The molecular weight excluding hydrogens is 304 g/mol. The van der Waals surface area contributed by atoms with Crippen LogP contribution in [0.4, 0.5) is 4.79 Å². The third kappa shape index (κ3) is 4.85. The lowest BCUT2D eigenvalue weighted by atomic mass is 10.1. The van der Waals surface area contributed by atoms with Crippen molar-refractivity contribution in [2.75, 3.05) is 45.9 Å². The average molecular weight is 338 g/mol. The van der Waals surface area contributed by atoms with Gasteiger partial charge in [0.25, 0.3) is 0 Å². The molecule has 3 fully saturated rings. The number of carbonyl (C=O) groups is 1. The second kappa shape index (κ2) is 7.61. The monoisotopic (exact) mass is 338 g/mol. The summed E-state index contributed by atoms with van der Waals surface area (Å²) in [5.74, 6) is 1.94. The van der Waals surface area contributed by atoms with Crippen LogP contribution in [0.3, 0.4) is 0 Å². The molecule has 1 amide bonds. The van der Waals surface area contributed by atoms with Crippen LogP contribution in [0.15, 0.2) is 0 Å². The number of nitrogens with zero attached hydrogens (tertiary/aromatic N) is 2. The van der Waals surface area contributed by atoms with Crippen LogP contribution in [-0.2, 0) is 9.47 Å². The number of carbonyl (C=O) groups excluding carboxylic acids is 1. The normalized spacial score (nSPS) is 30.3. The Morgan fingerprint density at radius 1 is 1.08 bits per heavy atom. The minimum atomic E-state index is -0.402. The molecule has 5 heteroatoms. The van der Waals surface area contributed by atoms with Crippen molar-refractivity contribution in [3.8, 4) is 0 Å². The van der Waals surface area contributed by atoms with Gasteiger partial charge in [0.05, 0.1) is 6.61 Å². The SMILES string of the molecule is CC(C)(C)OC(=O)N1CC2C(COCCCN3CCCCC3)C2C1. The van der Waals surface area contributed by atoms with Gasteiger partial charge in [-0.05, 0) is 70.9 Å². The first-order valence-electron chi connectivity index (χ1n) is 9.72. The Morgan fingerprint density at radius 2 is 1.75 bits per heavy atom. The van der Waals surface area contributed by atoms with Gasteiger partial charge < -0.3 is 19.3 Å². The van der Waals surface area contributed by atoms with Crippen molar-refractivity contribution in [2.24, 2.45) is 17.8 Å². The van der Waals surface area contributed by atoms with Gasteiger partial charge in [-0.15, -0.1) is 0 Å². The van der Waals surface area contributed by atoms with Crippen LogP contribution in [0.5, 0.6) is 0 Å². The zero-order valence-corrected chi connectivity index (χ0v) is 15.6. The van der Waals surface area contributed by atoms with E-state index in [1.54, 1.807) is 0 Å². The molecule has 2 aliphatic heterocycles. The van der Waals surface area contributed by atoms with Gasteiger partial charge >= 0.3 is 6.09 Å². The Labute approximate surface area is 146 Å². The summed E-state index contributed by atoms with van der Waals surface area (Å²) in [6.07, 6.45) is 5.11. The Hall–Kier alpha value is -0.810. The van der Waals surface area contributed by atoms with Gasteiger partial charge in [0.1, 0.15) is 5.60 Å². The summed E-state index contributed by atoms with van der Waals surface area (Å²) < 4.78 is 11.3. The van der Waals surface area contributed by atoms with Crippen LogP contribution in [0, 0.1) is 17.8 Å². The molecule has 0 aromatic heterocycles. The van der Waals surface area contributed by atoms with E-state index in [9.17, 15) is 4.79 Å². The van der Waals surface area contributed by atoms with Gasteiger partial charge in [-0.25, -0.2) is 4.79 Å². The molecule has 2 heterocycles. The predicted molar refractivity (Wildman–Crippen MR) is 94.0 cm³/mol. The highest BCUT2D eigenvalue weighted by atomic mass is 16.6. The molecule has 0 spiro atoms. The lowest BCUT2D eigenvalue weighted by Gasteiger charge is -2.26. The first kappa shape index (κ1) is 18.0. The highest BCUT2D eigenvalue weighted by Gasteiger charge is 2.56. The molecule has 2 saturated heterocycles. The summed E-state index contributed by atoms with van der Waals surface area (Å²) in [6.45, 7) is 12.9. The second-order valence-electron chi connectivity index (χ2n) is 8.71. The maximum atomic E-state index is 12.1. The number of fused-ring (bicyclic) bond motifs is 1. The minimum Gasteiger partial charge on any atom is -0.444 e. The maximum absolute atomic E-state index is 12.1. The Balaban J connectivity index is 1.24. The molecule has 0 bridgehead atoms. The van der Waals surface area contributed by atoms with Crippen LogP contribution < -0.4 is 0 Å². The fraction of sp³-hybridized carbons (Fsp3) is 0.947. The van der Waals surface area contributed by atoms with Crippen molar-refractivity contribution < 1.29 is 14.3 Å². The number of likely N-dealkylation sites (tertiary alicyclic amines) is 2. The van der Waals surface area contributed by atoms with Gasteiger partial charge in [0.2, 0.25) is 0 Å². The molecule has 24 heavy (non-hydrogen) atoms. The minimum absolute atomic E-state index is 0.157. The number of hydrogen-bond acceptors (Lipinski definition) is 4. The lowest BCUT2D eigenvalue weighted by Crippen LogP contribution is -2.37. The van der Waals surface area contributed by atoms with Crippen molar-refractivity contribution in [3.63, 3.8) is 0 Å². The first-order chi connectivity index (χ1) is 11.4. The first-order valence-corrected chi connectivity index (χ1v) is 9.72. The number of ether oxygens (including phenoxy) is 2. The average Bonchev–Trinajstić information content (AvgIpc) is 2.97. The highest BCUT2D eigenvalue weighted by molar-refractivity contribution is 5.68. The standard InChI is InChI=1S/C19H34N2O3/c1-19(2,3)24-18(22)21-12-15-16(13-21)17(15)14-23-11-7-10-20-8-5-4-6-9-20/h15-17H,4-14H2,1-3H3. The van der Waals surface area contributed by atoms with E-state index in [2.05, 4.69) is 4.90 Å². The van der Waals surface area contributed by atoms with Crippen LogP contribution in [0.2, 0.25) is 0 Å². The quantitative estimate of drug-likeness (QED) is 0.698. The van der Waals surface area contributed by atoms with Crippen LogP contribution in [0.1, 0.15) is 46.5 Å². The molecule has 2 unspecified atom stereocenters. The summed E-state index contributed by atoms with van der Waals surface area (Å²) in [4.78, 5) is 16.5. The summed E-state index contributed by atoms with van der Waals surface area (Å²) in [5.41, 5.74) is -0.402. The summed E-state index contributed by atoms with van der Waals surface area (Å²) in [6, 6.07) is 0. The van der Waals surface area contributed by atoms with E-state index in [1.165, 1.54) is 38.9 Å². The van der Waals surface area contributed by atoms with Crippen molar-refractivity contribution >= 4 is 6.09 Å². The Morgan fingerprint density at radius 3 is 2.38 bits per heavy atom. The van der Waals surface area contributed by atoms with E-state index < -0.39 is 5.60 Å². The molecule has 1 aliphatic carbocycles. The number of amides is 1. The third-order valence-electron chi connectivity index (χ3n) is 5.55. The molecule has 1 saturated carbocycles. The van der Waals surface area contributed by atoms with Crippen LogP contribution in [0.25, 0.3) is 0 Å². The van der Waals surface area contributed by atoms with Gasteiger partial charge in [-0.2, -0.15) is 0 Å². The maximum Gasteiger partial charge on any atom is 0.410 e. The van der Waals surface area contributed by atoms with Crippen LogP contribution in [-0.4, -0.2) is 67.4 Å². The molecule has 2 atom stereocenters. The highest BCUT2D eigenvalue weighted by Crippen LogP contribution is 2.51. The lowest BCUT2D eigenvalue weighted by molar-refractivity contribution is 0.0248. The molecule has 138 valence electrons. The van der Waals surface area contributed by atoms with Crippen LogP contribution >= 0.6 is 0 Å². The smallest absolute Gasteiger partial charge is 0.410 e. The number of piperidine rings is 2. The molecule has 3 aliphatic rings. The third-order valence-corrected chi connectivity index (χ3v) is 5.55. The second-order valence-corrected chi connectivity index (χ2v) is 8.71. The fourth-order valence-corrected chi connectivity index (χ4v) is 4.16. The van der Waals surface area contributed by atoms with Gasteiger partial charge in [-0.3, -0.25) is 0 Å². The van der Waals surface area contributed by atoms with Crippen molar-refractivity contribution in [2.45, 2.75) is 52.1 Å². The molecule has 0 aromatic carbocycles. The van der Waals surface area contributed by atoms with E-state index in [0.717, 1.165) is 32.7 Å². The van der Waals surface area contributed by atoms with E-state index in [4.69, 9.17) is 9.47 Å². The summed E-state index contributed by atoms with van der Waals surface area (Å²) in [7, 11) is 0. The fourth-order valence-electron chi connectivity index (χ4n) is 4.16. The van der Waals surface area contributed by atoms with E-state index in [0.29, 0.717) is 17.8 Å². The van der Waals surface area contributed by atoms with Gasteiger partial charge in [0, 0.05) is 26.2 Å². The molecule has 0 N–H and O–H groups in total. The molecule has 5 nitrogen and oxygen atoms in total. The van der Waals surface area contributed by atoms with E-state index >= 15 is 0 Å². The number of hydrogen-bond donors (Lipinski definition) is 0. The Kier molecular flexibility index (Phi) is 5.70. The summed E-state index contributed by atoms with van der Waals surface area (Å²) >= 11 is 0. The zero-order valence-electron chi connectivity index (χ0n) is 15.6. The predicted octanol–water partition coefficient (Wildman–Crippen LogP) is 2.99. The molecule has 0 aromatic rings. The van der Waals surface area contributed by atoms with Gasteiger partial charge in [0.15, 0.2) is 0 Å². The topological polar surface area (TPSA) is 42.0 Å². The molecule has 3 rings (SSSR count). The van der Waals surface area contributed by atoms with Crippen molar-refractivity contribution in [1.82, 2.24) is 9.80 Å². The molecular formula is C19H34N2O3. The zero-order chi connectivity index (χ0) is 17.2. The largest absolute Gasteiger partial charge is 0.444 e. The number of rotatable bonds is 6. The molecule has 0 radical (unpaired) electrons. The van der Waals surface area contributed by atoms with Gasteiger partial charge in [-0.1, -0.05) is 6.42 Å². The summed E-state index contributed by atoms with van der Waals surface area (Å²) in [5, 5.41) is 0. The van der Waals surface area contributed by atoms with Crippen molar-refractivity contribution in [3.05, 3.63) is 0 Å². The Bertz CT molecular complexity index is 417. The van der Waals surface area contributed by atoms with E-state index in [1.807, 2.05) is 25.7 Å².